The largest absolute Gasteiger partial charge is 0.385 e. The van der Waals surface area contributed by atoms with E-state index < -0.39 is 24.6 Å². The van der Waals surface area contributed by atoms with Gasteiger partial charge >= 0.3 is 0 Å². The maximum Gasteiger partial charge on any atom is 0.186 e. The number of aliphatic hydroxyl groups excluding tert-OH is 1. The molecule has 3 rings (SSSR count). The van der Waals surface area contributed by atoms with Crippen LogP contribution in [-0.2, 0) is 32.2 Å². The Hall–Kier alpha value is -2.02. The second-order valence-electron chi connectivity index (χ2n) is 6.84. The summed E-state index contributed by atoms with van der Waals surface area (Å²) in [6.45, 7) is 6.62. The Bertz CT molecular complexity index is 705. The van der Waals surface area contributed by atoms with E-state index in [1.165, 1.54) is 0 Å². The maximum absolute atomic E-state index is 10.8. The molecule has 1 saturated heterocycles. The van der Waals surface area contributed by atoms with E-state index in [1.54, 1.807) is 6.08 Å². The van der Waals surface area contributed by atoms with Crippen LogP contribution >= 0.6 is 0 Å². The van der Waals surface area contributed by atoms with Crippen LogP contribution in [0.5, 0.6) is 0 Å². The normalized spacial score (nSPS) is 27.4. The van der Waals surface area contributed by atoms with Crippen molar-refractivity contribution in [1.82, 2.24) is 0 Å². The lowest BCUT2D eigenvalue weighted by atomic mass is 9.99. The van der Waals surface area contributed by atoms with Crippen molar-refractivity contribution in [3.63, 3.8) is 0 Å². The summed E-state index contributed by atoms with van der Waals surface area (Å²) in [4.78, 5) is 0. The molecule has 0 aliphatic carbocycles. The molecule has 0 saturated carbocycles. The van der Waals surface area contributed by atoms with Gasteiger partial charge in [0.1, 0.15) is 18.3 Å². The topological polar surface area (TPSA) is 57.2 Å². The second-order valence-corrected chi connectivity index (χ2v) is 6.84. The fourth-order valence-corrected chi connectivity index (χ4v) is 3.24. The van der Waals surface area contributed by atoms with Gasteiger partial charge in [0.2, 0.25) is 0 Å². The van der Waals surface area contributed by atoms with E-state index in [9.17, 15) is 5.11 Å². The predicted molar refractivity (Wildman–Crippen MR) is 107 cm³/mol. The molecule has 0 bridgehead atoms. The standard InChI is InChI=1S/C23H28O5/c1-3-14-25-23-20(24)22(27-16-19-12-8-5-9-13-19)21(17(2)28-23)26-15-18-10-6-4-7-11-18/h3-13,17,20-24H,1,14-16H2,2H3/t17-,20+,21-,22-,23+/m1/s1. The van der Waals surface area contributed by atoms with Crippen LogP contribution in [-0.4, -0.2) is 42.4 Å². The molecule has 0 aromatic heterocycles. The monoisotopic (exact) mass is 384 g/mol. The number of benzene rings is 2. The van der Waals surface area contributed by atoms with E-state index in [0.717, 1.165) is 11.1 Å². The zero-order valence-electron chi connectivity index (χ0n) is 16.1. The first-order valence-electron chi connectivity index (χ1n) is 9.56. The van der Waals surface area contributed by atoms with E-state index in [1.807, 2.05) is 67.6 Å². The van der Waals surface area contributed by atoms with Crippen molar-refractivity contribution in [3.8, 4) is 0 Å². The van der Waals surface area contributed by atoms with E-state index in [2.05, 4.69) is 6.58 Å². The summed E-state index contributed by atoms with van der Waals surface area (Å²) < 4.78 is 23.7. The lowest BCUT2D eigenvalue weighted by Crippen LogP contribution is -2.59. The van der Waals surface area contributed by atoms with Gasteiger partial charge in [0.25, 0.3) is 0 Å². The summed E-state index contributed by atoms with van der Waals surface area (Å²) in [5.41, 5.74) is 2.08. The van der Waals surface area contributed by atoms with Gasteiger partial charge in [-0.2, -0.15) is 0 Å². The van der Waals surface area contributed by atoms with Gasteiger partial charge in [-0.05, 0) is 18.1 Å². The highest BCUT2D eigenvalue weighted by atomic mass is 16.7. The minimum Gasteiger partial charge on any atom is -0.385 e. The van der Waals surface area contributed by atoms with Crippen molar-refractivity contribution in [2.75, 3.05) is 6.61 Å². The van der Waals surface area contributed by atoms with Gasteiger partial charge in [-0.15, -0.1) is 6.58 Å². The van der Waals surface area contributed by atoms with Gasteiger partial charge in [-0.25, -0.2) is 0 Å². The fraction of sp³-hybridized carbons (Fsp3) is 0.391. The highest BCUT2D eigenvalue weighted by Gasteiger charge is 2.45. The van der Waals surface area contributed by atoms with Gasteiger partial charge in [0, 0.05) is 0 Å². The van der Waals surface area contributed by atoms with Crippen LogP contribution in [0.1, 0.15) is 18.1 Å². The fourth-order valence-electron chi connectivity index (χ4n) is 3.24. The van der Waals surface area contributed by atoms with Crippen LogP contribution in [0.25, 0.3) is 0 Å². The first-order valence-corrected chi connectivity index (χ1v) is 9.56. The molecular formula is C23H28O5. The molecule has 1 aliphatic heterocycles. The number of aliphatic hydroxyl groups is 1. The summed E-state index contributed by atoms with van der Waals surface area (Å²) in [5, 5.41) is 10.8. The zero-order valence-corrected chi connectivity index (χ0v) is 16.1. The molecule has 1 heterocycles. The lowest BCUT2D eigenvalue weighted by Gasteiger charge is -2.43. The van der Waals surface area contributed by atoms with Gasteiger partial charge in [-0.3, -0.25) is 0 Å². The highest BCUT2D eigenvalue weighted by molar-refractivity contribution is 5.14. The minimum atomic E-state index is -0.972. The Morgan fingerprint density at radius 3 is 1.96 bits per heavy atom. The number of hydrogen-bond acceptors (Lipinski definition) is 5. The molecule has 150 valence electrons. The molecule has 2 aromatic rings. The van der Waals surface area contributed by atoms with E-state index >= 15 is 0 Å². The summed E-state index contributed by atoms with van der Waals surface area (Å²) in [6, 6.07) is 19.8. The summed E-state index contributed by atoms with van der Waals surface area (Å²) in [6.07, 6.45) is -1.45. The smallest absolute Gasteiger partial charge is 0.186 e. The quantitative estimate of drug-likeness (QED) is 0.671. The van der Waals surface area contributed by atoms with Gasteiger partial charge in [0.15, 0.2) is 6.29 Å². The number of rotatable bonds is 9. The zero-order chi connectivity index (χ0) is 19.8. The second kappa shape index (κ2) is 10.5. The Morgan fingerprint density at radius 1 is 0.893 bits per heavy atom. The first kappa shape index (κ1) is 20.7. The third kappa shape index (κ3) is 5.50. The van der Waals surface area contributed by atoms with E-state index in [4.69, 9.17) is 18.9 Å². The Balaban J connectivity index is 1.70. The van der Waals surface area contributed by atoms with Crippen molar-refractivity contribution in [2.45, 2.75) is 50.8 Å². The van der Waals surface area contributed by atoms with Crippen LogP contribution in [0.2, 0.25) is 0 Å². The number of hydrogen-bond donors (Lipinski definition) is 1. The molecule has 1 aliphatic rings. The Morgan fingerprint density at radius 2 is 1.43 bits per heavy atom. The van der Waals surface area contributed by atoms with Crippen LogP contribution < -0.4 is 0 Å². The molecular weight excluding hydrogens is 356 g/mol. The van der Waals surface area contributed by atoms with Crippen molar-refractivity contribution < 1.29 is 24.1 Å². The molecule has 5 heteroatoms. The molecule has 1 fully saturated rings. The van der Waals surface area contributed by atoms with Crippen LogP contribution in [0, 0.1) is 0 Å². The molecule has 5 nitrogen and oxygen atoms in total. The first-order chi connectivity index (χ1) is 13.7. The maximum atomic E-state index is 10.8. The highest BCUT2D eigenvalue weighted by Crippen LogP contribution is 2.28. The van der Waals surface area contributed by atoms with Crippen LogP contribution in [0.15, 0.2) is 73.3 Å². The molecule has 2 aromatic carbocycles. The van der Waals surface area contributed by atoms with Gasteiger partial charge in [-0.1, -0.05) is 66.7 Å². The number of ether oxygens (including phenoxy) is 4. The molecule has 0 amide bonds. The van der Waals surface area contributed by atoms with Crippen LogP contribution in [0.4, 0.5) is 0 Å². The summed E-state index contributed by atoms with van der Waals surface area (Å²) >= 11 is 0. The Labute approximate surface area is 166 Å². The van der Waals surface area contributed by atoms with Gasteiger partial charge in [0.05, 0.1) is 25.9 Å². The molecule has 5 atom stereocenters. The average Bonchev–Trinajstić information content (AvgIpc) is 2.73. The third-order valence-corrected chi connectivity index (χ3v) is 4.70. The summed E-state index contributed by atoms with van der Waals surface area (Å²) in [7, 11) is 0. The van der Waals surface area contributed by atoms with Gasteiger partial charge < -0.3 is 24.1 Å². The van der Waals surface area contributed by atoms with Crippen molar-refractivity contribution in [1.29, 1.82) is 0 Å². The molecule has 1 N–H and O–H groups in total. The summed E-state index contributed by atoms with van der Waals surface area (Å²) in [5.74, 6) is 0. The molecule has 0 radical (unpaired) electrons. The average molecular weight is 384 g/mol. The lowest BCUT2D eigenvalue weighted by molar-refractivity contribution is -0.307. The van der Waals surface area contributed by atoms with Crippen molar-refractivity contribution in [2.24, 2.45) is 0 Å². The molecule has 0 unspecified atom stereocenters. The SMILES string of the molecule is C=CCO[C@H]1O[C@H](C)[C@@H](OCc2ccccc2)[C@H](OCc2ccccc2)[C@@H]1O. The third-order valence-electron chi connectivity index (χ3n) is 4.70. The van der Waals surface area contributed by atoms with Crippen molar-refractivity contribution in [3.05, 3.63) is 84.4 Å². The Kier molecular flexibility index (Phi) is 7.77. The molecule has 0 spiro atoms. The van der Waals surface area contributed by atoms with E-state index in [-0.39, 0.29) is 12.7 Å². The van der Waals surface area contributed by atoms with Crippen LogP contribution in [0.3, 0.4) is 0 Å². The minimum absolute atomic E-state index is 0.287. The van der Waals surface area contributed by atoms with E-state index in [0.29, 0.717) is 13.2 Å². The predicted octanol–water partition coefficient (Wildman–Crippen LogP) is 3.47. The molecule has 28 heavy (non-hydrogen) atoms. The van der Waals surface area contributed by atoms with Crippen molar-refractivity contribution >= 4 is 0 Å².